The zero-order valence-corrected chi connectivity index (χ0v) is 10.7. The van der Waals surface area contributed by atoms with E-state index in [-0.39, 0.29) is 0 Å². The van der Waals surface area contributed by atoms with Crippen LogP contribution >= 0.6 is 11.3 Å². The maximum absolute atomic E-state index is 4.56. The lowest BCUT2D eigenvalue weighted by atomic mass is 9.89. The van der Waals surface area contributed by atoms with Crippen molar-refractivity contribution in [3.8, 4) is 0 Å². The van der Waals surface area contributed by atoms with Gasteiger partial charge in [0.25, 0.3) is 0 Å². The molecule has 1 N–H and O–H groups in total. The van der Waals surface area contributed by atoms with Crippen LogP contribution in [0.4, 0.5) is 5.13 Å². The van der Waals surface area contributed by atoms with Gasteiger partial charge in [0.05, 0.1) is 5.69 Å². The van der Waals surface area contributed by atoms with Gasteiger partial charge in [-0.1, -0.05) is 13.3 Å². The van der Waals surface area contributed by atoms with E-state index >= 15 is 0 Å². The molecule has 88 valence electrons. The van der Waals surface area contributed by atoms with Crippen LogP contribution < -0.4 is 5.32 Å². The summed E-state index contributed by atoms with van der Waals surface area (Å²) in [6.45, 7) is 3.31. The van der Waals surface area contributed by atoms with Crippen molar-refractivity contribution in [1.29, 1.82) is 0 Å². The highest BCUT2D eigenvalue weighted by atomic mass is 32.1. The van der Waals surface area contributed by atoms with Gasteiger partial charge in [-0.25, -0.2) is 4.98 Å². The number of nitrogens with one attached hydrogen (secondary N) is 1. The van der Waals surface area contributed by atoms with Crippen LogP contribution in [0.1, 0.15) is 38.3 Å². The predicted molar refractivity (Wildman–Crippen MR) is 68.9 cm³/mol. The second kappa shape index (κ2) is 4.36. The van der Waals surface area contributed by atoms with E-state index in [0.717, 1.165) is 35.9 Å². The molecule has 2 aliphatic carbocycles. The van der Waals surface area contributed by atoms with E-state index in [1.807, 2.05) is 0 Å². The number of aromatic nitrogens is 1. The Morgan fingerprint density at radius 3 is 3.00 bits per heavy atom. The number of thiazole rings is 1. The maximum atomic E-state index is 4.56. The fraction of sp³-hybridized carbons (Fsp3) is 0.769. The number of anilines is 1. The van der Waals surface area contributed by atoms with Crippen LogP contribution in [0.25, 0.3) is 0 Å². The highest BCUT2D eigenvalue weighted by molar-refractivity contribution is 7.13. The second-order valence-corrected chi connectivity index (χ2v) is 6.17. The Bertz CT molecular complexity index is 361. The summed E-state index contributed by atoms with van der Waals surface area (Å²) in [4.78, 5) is 4.56. The minimum Gasteiger partial charge on any atom is -0.361 e. The summed E-state index contributed by atoms with van der Waals surface area (Å²) in [6, 6.07) is 0. The lowest BCUT2D eigenvalue weighted by molar-refractivity contribution is 0.348. The summed E-state index contributed by atoms with van der Waals surface area (Å²) in [5.74, 6) is 3.00. The first kappa shape index (κ1) is 10.6. The average molecular weight is 236 g/mol. The molecule has 3 rings (SSSR count). The summed E-state index contributed by atoms with van der Waals surface area (Å²) in [6.07, 6.45) is 6.99. The Balaban J connectivity index is 1.53. The lowest BCUT2D eigenvalue weighted by Gasteiger charge is -2.21. The van der Waals surface area contributed by atoms with Crippen LogP contribution in [0.3, 0.4) is 0 Å². The van der Waals surface area contributed by atoms with Crippen LogP contribution in [-0.2, 0) is 6.42 Å². The quantitative estimate of drug-likeness (QED) is 0.864. The van der Waals surface area contributed by atoms with Crippen molar-refractivity contribution >= 4 is 16.5 Å². The molecule has 3 atom stereocenters. The van der Waals surface area contributed by atoms with Gasteiger partial charge in [0.1, 0.15) is 0 Å². The Labute approximate surface area is 101 Å². The zero-order chi connectivity index (χ0) is 11.0. The molecule has 0 amide bonds. The summed E-state index contributed by atoms with van der Waals surface area (Å²) in [7, 11) is 0. The summed E-state index contributed by atoms with van der Waals surface area (Å²) >= 11 is 1.76. The second-order valence-electron chi connectivity index (χ2n) is 5.31. The molecule has 2 nitrogen and oxygen atoms in total. The molecule has 2 saturated carbocycles. The molecule has 1 heterocycles. The van der Waals surface area contributed by atoms with Crippen molar-refractivity contribution in [2.75, 3.05) is 11.9 Å². The summed E-state index contributed by atoms with van der Waals surface area (Å²) < 4.78 is 0. The van der Waals surface area contributed by atoms with Crippen LogP contribution in [0.5, 0.6) is 0 Å². The highest BCUT2D eigenvalue weighted by Gasteiger charge is 2.39. The van der Waals surface area contributed by atoms with E-state index in [0.29, 0.717) is 0 Å². The maximum Gasteiger partial charge on any atom is 0.182 e. The van der Waals surface area contributed by atoms with E-state index in [2.05, 4.69) is 22.6 Å². The van der Waals surface area contributed by atoms with Gasteiger partial charge in [-0.3, -0.25) is 0 Å². The molecule has 2 fully saturated rings. The molecule has 0 saturated heterocycles. The lowest BCUT2D eigenvalue weighted by Crippen LogP contribution is -2.20. The number of hydrogen-bond acceptors (Lipinski definition) is 3. The van der Waals surface area contributed by atoms with Gasteiger partial charge in [-0.05, 0) is 43.4 Å². The van der Waals surface area contributed by atoms with Crippen molar-refractivity contribution < 1.29 is 0 Å². The smallest absolute Gasteiger partial charge is 0.182 e. The minimum atomic E-state index is 0.924. The first-order valence-corrected chi connectivity index (χ1v) is 7.41. The van der Waals surface area contributed by atoms with Gasteiger partial charge in [0, 0.05) is 11.9 Å². The van der Waals surface area contributed by atoms with Gasteiger partial charge in [-0.2, -0.15) is 0 Å². The molecule has 0 radical (unpaired) electrons. The first-order valence-electron chi connectivity index (χ1n) is 6.53. The van der Waals surface area contributed by atoms with Crippen molar-refractivity contribution in [1.82, 2.24) is 4.98 Å². The monoisotopic (exact) mass is 236 g/mol. The summed E-state index contributed by atoms with van der Waals surface area (Å²) in [5, 5.41) is 6.83. The number of hydrogen-bond donors (Lipinski definition) is 1. The minimum absolute atomic E-state index is 0.924. The number of aryl methyl sites for hydroxylation is 1. The molecule has 1 aromatic heterocycles. The van der Waals surface area contributed by atoms with E-state index in [1.165, 1.54) is 31.4 Å². The molecule has 3 heteroatoms. The molecule has 0 spiro atoms. The molecule has 0 aliphatic heterocycles. The van der Waals surface area contributed by atoms with E-state index in [1.54, 1.807) is 11.3 Å². The van der Waals surface area contributed by atoms with Gasteiger partial charge in [0.15, 0.2) is 5.13 Å². The fourth-order valence-electron chi connectivity index (χ4n) is 3.40. The molecular weight excluding hydrogens is 216 g/mol. The SMILES string of the molecule is CCc1csc(NCC2CC3CCC2C3)n1. The van der Waals surface area contributed by atoms with Gasteiger partial charge < -0.3 is 5.32 Å². The number of fused-ring (bicyclic) bond motifs is 2. The Morgan fingerprint density at radius 2 is 2.38 bits per heavy atom. The summed E-state index contributed by atoms with van der Waals surface area (Å²) in [5.41, 5.74) is 1.22. The number of rotatable bonds is 4. The van der Waals surface area contributed by atoms with Crippen LogP contribution in [0, 0.1) is 17.8 Å². The van der Waals surface area contributed by atoms with Crippen LogP contribution in [0.2, 0.25) is 0 Å². The van der Waals surface area contributed by atoms with Gasteiger partial charge >= 0.3 is 0 Å². The third-order valence-corrected chi connectivity index (χ3v) is 5.16. The largest absolute Gasteiger partial charge is 0.361 e. The predicted octanol–water partition coefficient (Wildman–Crippen LogP) is 3.55. The van der Waals surface area contributed by atoms with E-state index in [4.69, 9.17) is 0 Å². The van der Waals surface area contributed by atoms with Crippen molar-refractivity contribution in [2.24, 2.45) is 17.8 Å². The highest BCUT2D eigenvalue weighted by Crippen LogP contribution is 2.48. The first-order chi connectivity index (χ1) is 7.85. The average Bonchev–Trinajstić information content (AvgIpc) is 3.02. The van der Waals surface area contributed by atoms with Gasteiger partial charge in [0.2, 0.25) is 0 Å². The Morgan fingerprint density at radius 1 is 1.44 bits per heavy atom. The molecule has 3 unspecified atom stereocenters. The van der Waals surface area contributed by atoms with Crippen molar-refractivity contribution in [3.05, 3.63) is 11.1 Å². The van der Waals surface area contributed by atoms with Crippen molar-refractivity contribution in [2.45, 2.75) is 39.0 Å². The molecule has 2 aliphatic rings. The van der Waals surface area contributed by atoms with E-state index < -0.39 is 0 Å². The molecular formula is C13H20N2S. The van der Waals surface area contributed by atoms with E-state index in [9.17, 15) is 0 Å². The fourth-order valence-corrected chi connectivity index (χ4v) is 4.20. The van der Waals surface area contributed by atoms with Gasteiger partial charge in [-0.15, -0.1) is 11.3 Å². The molecule has 1 aromatic rings. The third-order valence-electron chi connectivity index (χ3n) is 4.31. The molecule has 0 aromatic carbocycles. The number of nitrogens with zero attached hydrogens (tertiary/aromatic N) is 1. The zero-order valence-electron chi connectivity index (χ0n) is 9.91. The normalized spacial score (nSPS) is 32.2. The van der Waals surface area contributed by atoms with Crippen LogP contribution in [0.15, 0.2) is 5.38 Å². The van der Waals surface area contributed by atoms with Crippen molar-refractivity contribution in [3.63, 3.8) is 0 Å². The standard InChI is InChI=1S/C13H20N2S/c1-2-12-8-16-13(15-12)14-7-11-6-9-3-4-10(11)5-9/h8-11H,2-7H2,1H3,(H,14,15). The van der Waals surface area contributed by atoms with Crippen LogP contribution in [-0.4, -0.2) is 11.5 Å². The molecule has 16 heavy (non-hydrogen) atoms. The molecule has 2 bridgehead atoms. The Hall–Kier alpha value is -0.570. The topological polar surface area (TPSA) is 24.9 Å². The Kier molecular flexibility index (Phi) is 2.88. The third kappa shape index (κ3) is 1.97.